The highest BCUT2D eigenvalue weighted by atomic mass is 19.3. The highest BCUT2D eigenvalue weighted by Crippen LogP contribution is 2.36. The van der Waals surface area contributed by atoms with Gasteiger partial charge in [-0.25, -0.2) is 14.7 Å². The standard InChI is InChI=1S/C35H40F2N6O5/c1-24-9-7-10-25(2)32(24)48-35(44)43(27-11-5-6-12-28(27)47-33(36)37)31-15-16-38-34(40-31)39-26-13-14-29(30(23-26)45-4)46-22-8-17-42-20-18-41(3)19-21-42/h5-7,9-16,23,33H,8,17-22H2,1-4H3,(H,38,39,40). The summed E-state index contributed by atoms with van der Waals surface area (Å²) in [5, 5.41) is 3.12. The summed E-state index contributed by atoms with van der Waals surface area (Å²) in [6.07, 6.45) is 1.45. The normalized spacial score (nSPS) is 13.6. The lowest BCUT2D eigenvalue weighted by molar-refractivity contribution is -0.0494. The molecule has 4 aromatic rings. The summed E-state index contributed by atoms with van der Waals surface area (Å²) in [7, 11) is 3.70. The van der Waals surface area contributed by atoms with Gasteiger partial charge in [0.2, 0.25) is 5.95 Å². The van der Waals surface area contributed by atoms with Crippen LogP contribution in [-0.4, -0.2) is 86.0 Å². The lowest BCUT2D eigenvalue weighted by atomic mass is 10.1. The lowest BCUT2D eigenvalue weighted by Gasteiger charge is -2.32. The molecule has 2 heterocycles. The van der Waals surface area contributed by atoms with Crippen molar-refractivity contribution < 1.29 is 32.5 Å². The summed E-state index contributed by atoms with van der Waals surface area (Å²) < 4.78 is 48.9. The number of ether oxygens (including phenoxy) is 4. The maximum atomic E-state index is 13.8. The van der Waals surface area contributed by atoms with E-state index in [0.717, 1.165) is 55.2 Å². The molecule has 3 aromatic carbocycles. The zero-order valence-electron chi connectivity index (χ0n) is 27.5. The van der Waals surface area contributed by atoms with Crippen LogP contribution in [0.4, 0.5) is 36.7 Å². The number of amides is 1. The number of aryl methyl sites for hydroxylation is 2. The van der Waals surface area contributed by atoms with E-state index in [1.807, 2.05) is 6.07 Å². The number of likely N-dealkylation sites (N-methyl/N-ethyl adjacent to an activating group) is 1. The van der Waals surface area contributed by atoms with E-state index in [9.17, 15) is 13.6 Å². The summed E-state index contributed by atoms with van der Waals surface area (Å²) in [6.45, 7) is 6.28. The molecule has 0 spiro atoms. The molecule has 0 saturated carbocycles. The molecular weight excluding hydrogens is 622 g/mol. The quantitative estimate of drug-likeness (QED) is 0.154. The molecule has 1 saturated heterocycles. The van der Waals surface area contributed by atoms with Crippen molar-refractivity contribution in [3.05, 3.63) is 84.1 Å². The molecule has 1 amide bonds. The predicted octanol–water partition coefficient (Wildman–Crippen LogP) is 6.80. The van der Waals surface area contributed by atoms with Gasteiger partial charge in [-0.2, -0.15) is 13.8 Å². The summed E-state index contributed by atoms with van der Waals surface area (Å²) in [4.78, 5) is 28.5. The van der Waals surface area contributed by atoms with Gasteiger partial charge in [0, 0.05) is 56.7 Å². The van der Waals surface area contributed by atoms with E-state index >= 15 is 0 Å². The minimum absolute atomic E-state index is 0.00878. The Morgan fingerprint density at radius 1 is 0.958 bits per heavy atom. The maximum absolute atomic E-state index is 13.8. The van der Waals surface area contributed by atoms with Crippen LogP contribution >= 0.6 is 0 Å². The number of halogens is 2. The number of hydrogen-bond donors (Lipinski definition) is 1. The van der Waals surface area contributed by atoms with E-state index in [-0.39, 0.29) is 23.2 Å². The fourth-order valence-electron chi connectivity index (χ4n) is 5.32. The first-order valence-electron chi connectivity index (χ1n) is 15.7. The maximum Gasteiger partial charge on any atom is 0.425 e. The molecule has 0 atom stereocenters. The zero-order chi connectivity index (χ0) is 34.0. The van der Waals surface area contributed by atoms with E-state index in [1.54, 1.807) is 57.4 Å². The van der Waals surface area contributed by atoms with Crippen molar-refractivity contribution in [1.29, 1.82) is 0 Å². The van der Waals surface area contributed by atoms with E-state index in [4.69, 9.17) is 18.9 Å². The number of carbonyl (C=O) groups is 1. The summed E-state index contributed by atoms with van der Waals surface area (Å²) in [5.41, 5.74) is 2.05. The number of alkyl halides is 2. The van der Waals surface area contributed by atoms with Crippen LogP contribution in [0, 0.1) is 13.8 Å². The Labute approximate surface area is 279 Å². The van der Waals surface area contributed by atoms with E-state index < -0.39 is 12.7 Å². The Bertz CT molecular complexity index is 1670. The molecule has 0 aliphatic carbocycles. The van der Waals surface area contributed by atoms with Gasteiger partial charge in [-0.1, -0.05) is 30.3 Å². The number of methoxy groups -OCH3 is 1. The van der Waals surface area contributed by atoms with Crippen molar-refractivity contribution in [3.8, 4) is 23.0 Å². The third-order valence-electron chi connectivity index (χ3n) is 7.86. The number of nitrogens with zero attached hydrogens (tertiary/aromatic N) is 5. The highest BCUT2D eigenvalue weighted by molar-refractivity contribution is 5.98. The molecule has 48 heavy (non-hydrogen) atoms. The van der Waals surface area contributed by atoms with Gasteiger partial charge >= 0.3 is 12.7 Å². The predicted molar refractivity (Wildman–Crippen MR) is 180 cm³/mol. The SMILES string of the molecule is COc1cc(Nc2nccc(N(C(=O)Oc3c(C)cccc3C)c3ccccc3OC(F)F)n2)ccc1OCCCN1CCN(C)CC1. The van der Waals surface area contributed by atoms with Crippen molar-refractivity contribution in [3.63, 3.8) is 0 Å². The number of aromatic nitrogens is 2. The fourth-order valence-corrected chi connectivity index (χ4v) is 5.32. The van der Waals surface area contributed by atoms with Crippen molar-refractivity contribution in [2.45, 2.75) is 26.9 Å². The first kappa shape index (κ1) is 34.3. The molecule has 254 valence electrons. The number of hydrogen-bond acceptors (Lipinski definition) is 10. The summed E-state index contributed by atoms with van der Waals surface area (Å²) in [5.74, 6) is 1.43. The fraction of sp³-hybridized carbons (Fsp3) is 0.343. The van der Waals surface area contributed by atoms with Crippen molar-refractivity contribution in [1.82, 2.24) is 19.8 Å². The molecule has 0 bridgehead atoms. The van der Waals surface area contributed by atoms with Crippen LogP contribution in [0.25, 0.3) is 0 Å². The van der Waals surface area contributed by atoms with Crippen LogP contribution in [0.3, 0.4) is 0 Å². The molecule has 1 aliphatic rings. The van der Waals surface area contributed by atoms with Crippen LogP contribution in [0.2, 0.25) is 0 Å². The molecule has 0 unspecified atom stereocenters. The smallest absolute Gasteiger partial charge is 0.425 e. The van der Waals surface area contributed by atoms with Crippen LogP contribution in [0.1, 0.15) is 17.5 Å². The van der Waals surface area contributed by atoms with Gasteiger partial charge in [0.25, 0.3) is 0 Å². The van der Waals surface area contributed by atoms with Gasteiger partial charge in [0.15, 0.2) is 11.5 Å². The highest BCUT2D eigenvalue weighted by Gasteiger charge is 2.27. The lowest BCUT2D eigenvalue weighted by Crippen LogP contribution is -2.44. The molecule has 0 radical (unpaired) electrons. The second-order valence-corrected chi connectivity index (χ2v) is 11.3. The molecular formula is C35H40F2N6O5. The topological polar surface area (TPSA) is 102 Å². The monoisotopic (exact) mass is 662 g/mol. The number of benzene rings is 3. The minimum atomic E-state index is -3.12. The van der Waals surface area contributed by atoms with Crippen molar-refractivity contribution >= 4 is 29.2 Å². The third kappa shape index (κ3) is 8.87. The first-order chi connectivity index (χ1) is 23.2. The van der Waals surface area contributed by atoms with Crippen LogP contribution < -0.4 is 29.2 Å². The zero-order valence-corrected chi connectivity index (χ0v) is 27.5. The van der Waals surface area contributed by atoms with Gasteiger partial charge in [0.1, 0.15) is 17.3 Å². The summed E-state index contributed by atoms with van der Waals surface area (Å²) in [6, 6.07) is 18.2. The van der Waals surface area contributed by atoms with E-state index in [1.165, 1.54) is 30.5 Å². The molecule has 11 nitrogen and oxygen atoms in total. The number of carbonyl (C=O) groups excluding carboxylic acids is 1. The van der Waals surface area contributed by atoms with Gasteiger partial charge in [-0.3, -0.25) is 0 Å². The molecule has 1 fully saturated rings. The van der Waals surface area contributed by atoms with Gasteiger partial charge < -0.3 is 34.1 Å². The number of rotatable bonds is 13. The van der Waals surface area contributed by atoms with Crippen molar-refractivity contribution in [2.24, 2.45) is 0 Å². The minimum Gasteiger partial charge on any atom is -0.493 e. The molecule has 5 rings (SSSR count). The van der Waals surface area contributed by atoms with E-state index in [0.29, 0.717) is 29.5 Å². The van der Waals surface area contributed by atoms with Crippen LogP contribution in [0.5, 0.6) is 23.0 Å². The Kier molecular flexibility index (Phi) is 11.6. The molecule has 1 aliphatic heterocycles. The second-order valence-electron chi connectivity index (χ2n) is 11.3. The van der Waals surface area contributed by atoms with Gasteiger partial charge in [-0.15, -0.1) is 0 Å². The summed E-state index contributed by atoms with van der Waals surface area (Å²) >= 11 is 0. The van der Waals surface area contributed by atoms with Gasteiger partial charge in [0.05, 0.1) is 19.4 Å². The number of nitrogens with one attached hydrogen (secondary N) is 1. The van der Waals surface area contributed by atoms with E-state index in [2.05, 4.69) is 32.1 Å². The molecule has 1 aromatic heterocycles. The number of piperazine rings is 1. The Balaban J connectivity index is 1.35. The average Bonchev–Trinajstić information content (AvgIpc) is 3.07. The molecule has 13 heteroatoms. The third-order valence-corrected chi connectivity index (χ3v) is 7.86. The Hall–Kier alpha value is -5.01. The Morgan fingerprint density at radius 3 is 2.44 bits per heavy atom. The largest absolute Gasteiger partial charge is 0.493 e. The van der Waals surface area contributed by atoms with Gasteiger partial charge in [-0.05, 0) is 62.7 Å². The number of anilines is 4. The second kappa shape index (κ2) is 16.2. The average molecular weight is 663 g/mol. The van der Waals surface area contributed by atoms with Crippen LogP contribution in [-0.2, 0) is 0 Å². The molecule has 1 N–H and O–H groups in total. The first-order valence-corrected chi connectivity index (χ1v) is 15.7. The Morgan fingerprint density at radius 2 is 1.71 bits per heavy atom. The van der Waals surface area contributed by atoms with Crippen molar-refractivity contribution in [2.75, 3.05) is 63.7 Å². The van der Waals surface area contributed by atoms with Crippen LogP contribution in [0.15, 0.2) is 72.9 Å². The number of para-hydroxylation sites is 3.